The van der Waals surface area contributed by atoms with Crippen molar-refractivity contribution < 1.29 is 19.1 Å². The maximum Gasteiger partial charge on any atom is 0.223 e. The van der Waals surface area contributed by atoms with Crippen LogP contribution in [0.15, 0.2) is 35.7 Å². The molecular weight excluding hydrogens is 400 g/mol. The van der Waals surface area contributed by atoms with E-state index in [9.17, 15) is 9.59 Å². The highest BCUT2D eigenvalue weighted by atomic mass is 32.1. The number of amides is 2. The summed E-state index contributed by atoms with van der Waals surface area (Å²) in [5.74, 6) is 1.70. The summed E-state index contributed by atoms with van der Waals surface area (Å²) in [6.45, 7) is 1.95. The molecule has 1 aliphatic rings. The molecule has 1 aromatic carbocycles. The summed E-state index contributed by atoms with van der Waals surface area (Å²) in [6.07, 6.45) is 3.40. The van der Waals surface area contributed by atoms with E-state index >= 15 is 0 Å². The first-order valence-corrected chi connectivity index (χ1v) is 11.3. The Hall–Kier alpha value is -2.54. The van der Waals surface area contributed by atoms with E-state index in [4.69, 9.17) is 9.47 Å². The smallest absolute Gasteiger partial charge is 0.223 e. The molecule has 0 spiro atoms. The third-order valence-electron chi connectivity index (χ3n) is 5.51. The van der Waals surface area contributed by atoms with Crippen LogP contribution in [0, 0.1) is 5.92 Å². The number of carbonyl (C=O) groups excluding carboxylic acids is 2. The fourth-order valence-electron chi connectivity index (χ4n) is 3.72. The normalized spacial score (nSPS) is 14.4. The van der Waals surface area contributed by atoms with E-state index in [-0.39, 0.29) is 17.7 Å². The summed E-state index contributed by atoms with van der Waals surface area (Å²) in [6, 6.07) is 9.80. The number of benzene rings is 1. The van der Waals surface area contributed by atoms with Gasteiger partial charge in [0.05, 0.1) is 14.2 Å². The zero-order valence-electron chi connectivity index (χ0n) is 17.7. The molecule has 0 radical (unpaired) electrons. The lowest BCUT2D eigenvalue weighted by Crippen LogP contribution is -2.43. The number of hydrogen-bond donors (Lipinski definition) is 1. The molecule has 0 aliphatic carbocycles. The fourth-order valence-corrected chi connectivity index (χ4v) is 4.43. The molecule has 2 heterocycles. The summed E-state index contributed by atoms with van der Waals surface area (Å²) in [7, 11) is 3.23. The minimum atomic E-state index is 0.0000290. The van der Waals surface area contributed by atoms with E-state index in [1.54, 1.807) is 25.6 Å². The van der Waals surface area contributed by atoms with Crippen LogP contribution in [0.5, 0.6) is 11.5 Å². The van der Waals surface area contributed by atoms with Crippen LogP contribution in [0.2, 0.25) is 0 Å². The number of likely N-dealkylation sites (tertiary alicyclic amines) is 1. The van der Waals surface area contributed by atoms with Gasteiger partial charge >= 0.3 is 0 Å². The topological polar surface area (TPSA) is 67.9 Å². The zero-order chi connectivity index (χ0) is 21.3. The first kappa shape index (κ1) is 22.2. The van der Waals surface area contributed by atoms with Gasteiger partial charge in [0.2, 0.25) is 11.8 Å². The van der Waals surface area contributed by atoms with Crippen LogP contribution in [0.4, 0.5) is 0 Å². The van der Waals surface area contributed by atoms with E-state index in [0.29, 0.717) is 32.5 Å². The Balaban J connectivity index is 1.40. The molecule has 1 aliphatic heterocycles. The van der Waals surface area contributed by atoms with Crippen LogP contribution in [0.25, 0.3) is 0 Å². The van der Waals surface area contributed by atoms with Gasteiger partial charge in [-0.05, 0) is 54.8 Å². The number of ether oxygens (including phenoxy) is 2. The van der Waals surface area contributed by atoms with E-state index in [1.165, 1.54) is 4.88 Å². The van der Waals surface area contributed by atoms with Crippen molar-refractivity contribution in [3.05, 3.63) is 46.2 Å². The van der Waals surface area contributed by atoms with Crippen molar-refractivity contribution in [3.8, 4) is 11.5 Å². The van der Waals surface area contributed by atoms with Crippen LogP contribution in [-0.2, 0) is 22.4 Å². The molecule has 162 valence electrons. The second-order valence-corrected chi connectivity index (χ2v) is 8.53. The molecule has 30 heavy (non-hydrogen) atoms. The van der Waals surface area contributed by atoms with Crippen LogP contribution in [-0.4, -0.2) is 50.6 Å². The largest absolute Gasteiger partial charge is 0.497 e. The summed E-state index contributed by atoms with van der Waals surface area (Å²) >= 11 is 1.71. The highest BCUT2D eigenvalue weighted by Crippen LogP contribution is 2.24. The number of hydrogen-bond acceptors (Lipinski definition) is 5. The molecule has 2 amide bonds. The van der Waals surface area contributed by atoms with Gasteiger partial charge in [-0.15, -0.1) is 11.3 Å². The Labute approximate surface area is 182 Å². The highest BCUT2D eigenvalue weighted by molar-refractivity contribution is 7.09. The summed E-state index contributed by atoms with van der Waals surface area (Å²) in [5, 5.41) is 5.09. The van der Waals surface area contributed by atoms with Gasteiger partial charge in [0, 0.05) is 42.9 Å². The Morgan fingerprint density at radius 1 is 1.10 bits per heavy atom. The van der Waals surface area contributed by atoms with Gasteiger partial charge in [0.15, 0.2) is 0 Å². The number of carbonyl (C=O) groups is 2. The lowest BCUT2D eigenvalue weighted by atomic mass is 9.95. The highest BCUT2D eigenvalue weighted by Gasteiger charge is 2.27. The summed E-state index contributed by atoms with van der Waals surface area (Å²) in [4.78, 5) is 28.2. The Bertz CT molecular complexity index is 807. The molecule has 1 aromatic heterocycles. The second-order valence-electron chi connectivity index (χ2n) is 7.50. The van der Waals surface area contributed by atoms with Crippen molar-refractivity contribution in [3.63, 3.8) is 0 Å². The maximum atomic E-state index is 12.6. The Morgan fingerprint density at radius 2 is 1.80 bits per heavy atom. The molecule has 7 heteroatoms. The first-order valence-electron chi connectivity index (χ1n) is 10.4. The number of nitrogens with one attached hydrogen (secondary N) is 1. The number of piperidine rings is 1. The van der Waals surface area contributed by atoms with Crippen molar-refractivity contribution >= 4 is 23.2 Å². The van der Waals surface area contributed by atoms with E-state index in [0.717, 1.165) is 36.3 Å². The minimum Gasteiger partial charge on any atom is -0.497 e. The molecule has 1 N–H and O–H groups in total. The van der Waals surface area contributed by atoms with Gasteiger partial charge in [0.1, 0.15) is 11.5 Å². The number of nitrogens with zero attached hydrogens (tertiary/aromatic N) is 1. The second kappa shape index (κ2) is 11.0. The van der Waals surface area contributed by atoms with E-state index in [1.807, 2.05) is 29.2 Å². The van der Waals surface area contributed by atoms with Crippen LogP contribution >= 0.6 is 11.3 Å². The number of rotatable bonds is 9. The van der Waals surface area contributed by atoms with E-state index in [2.05, 4.69) is 16.8 Å². The molecule has 0 bridgehead atoms. The number of aryl methyl sites for hydroxylation is 1. The SMILES string of the molecule is COc1cc(CCC(=O)N2CCC(C(=O)NCCc3cccs3)CC2)cc(OC)c1. The first-order chi connectivity index (χ1) is 14.6. The number of thiophene rings is 1. The van der Waals surface area contributed by atoms with Gasteiger partial charge in [0.25, 0.3) is 0 Å². The zero-order valence-corrected chi connectivity index (χ0v) is 18.5. The van der Waals surface area contributed by atoms with E-state index < -0.39 is 0 Å². The third-order valence-corrected chi connectivity index (χ3v) is 6.44. The Morgan fingerprint density at radius 3 is 2.40 bits per heavy atom. The molecule has 0 atom stereocenters. The molecule has 3 rings (SSSR count). The van der Waals surface area contributed by atoms with Crippen molar-refractivity contribution in [2.75, 3.05) is 33.9 Å². The van der Waals surface area contributed by atoms with Crippen molar-refractivity contribution in [1.82, 2.24) is 10.2 Å². The van der Waals surface area contributed by atoms with Crippen molar-refractivity contribution in [2.24, 2.45) is 5.92 Å². The minimum absolute atomic E-state index is 0.0000290. The van der Waals surface area contributed by atoms with Gasteiger partial charge in [-0.2, -0.15) is 0 Å². The molecule has 0 unspecified atom stereocenters. The molecule has 2 aromatic rings. The Kier molecular flexibility index (Phi) is 8.13. The lowest BCUT2D eigenvalue weighted by Gasteiger charge is -2.31. The molecule has 1 fully saturated rings. The lowest BCUT2D eigenvalue weighted by molar-refractivity contribution is -0.135. The predicted molar refractivity (Wildman–Crippen MR) is 118 cm³/mol. The molecule has 0 saturated carbocycles. The van der Waals surface area contributed by atoms with Gasteiger partial charge < -0.3 is 19.7 Å². The average Bonchev–Trinajstić information content (AvgIpc) is 3.30. The van der Waals surface area contributed by atoms with Crippen molar-refractivity contribution in [1.29, 1.82) is 0 Å². The van der Waals surface area contributed by atoms with Crippen LogP contribution in [0.1, 0.15) is 29.7 Å². The molecule has 6 nitrogen and oxygen atoms in total. The van der Waals surface area contributed by atoms with Crippen LogP contribution < -0.4 is 14.8 Å². The van der Waals surface area contributed by atoms with Crippen molar-refractivity contribution in [2.45, 2.75) is 32.1 Å². The summed E-state index contributed by atoms with van der Waals surface area (Å²) in [5.41, 5.74) is 1.01. The summed E-state index contributed by atoms with van der Waals surface area (Å²) < 4.78 is 10.6. The van der Waals surface area contributed by atoms with Gasteiger partial charge in [-0.1, -0.05) is 6.07 Å². The fraction of sp³-hybridized carbons (Fsp3) is 0.478. The van der Waals surface area contributed by atoms with Crippen LogP contribution in [0.3, 0.4) is 0 Å². The predicted octanol–water partition coefficient (Wildman–Crippen LogP) is 3.30. The standard InChI is InChI=1S/C23H30N2O4S/c1-28-19-14-17(15-20(16-19)29-2)5-6-22(26)25-11-8-18(9-12-25)23(27)24-10-7-21-4-3-13-30-21/h3-4,13-16,18H,5-12H2,1-2H3,(H,24,27). The molecular formula is C23H30N2O4S. The monoisotopic (exact) mass is 430 g/mol. The quantitative estimate of drug-likeness (QED) is 0.663. The maximum absolute atomic E-state index is 12.6. The van der Waals surface area contributed by atoms with Gasteiger partial charge in [-0.3, -0.25) is 9.59 Å². The molecule has 1 saturated heterocycles. The number of methoxy groups -OCH3 is 2. The average molecular weight is 431 g/mol. The third kappa shape index (κ3) is 6.23. The van der Waals surface area contributed by atoms with Gasteiger partial charge in [-0.25, -0.2) is 0 Å².